The van der Waals surface area contributed by atoms with E-state index in [9.17, 15) is 5.11 Å². The van der Waals surface area contributed by atoms with Gasteiger partial charge in [0.1, 0.15) is 30.8 Å². The van der Waals surface area contributed by atoms with E-state index >= 15 is 0 Å². The van der Waals surface area contributed by atoms with Crippen LogP contribution in [0.2, 0.25) is 0 Å². The highest BCUT2D eigenvalue weighted by Gasteiger charge is 2.08. The van der Waals surface area contributed by atoms with Gasteiger partial charge in [0.25, 0.3) is 0 Å². The number of aryl methyl sites for hydroxylation is 1. The van der Waals surface area contributed by atoms with Gasteiger partial charge >= 0.3 is 0 Å². The van der Waals surface area contributed by atoms with Crippen LogP contribution < -0.4 is 15.2 Å². The zero-order chi connectivity index (χ0) is 15.1. The van der Waals surface area contributed by atoms with Crippen molar-refractivity contribution >= 4 is 0 Å². The van der Waals surface area contributed by atoms with Crippen LogP contribution in [-0.4, -0.2) is 24.4 Å². The Bertz CT molecular complexity index is 571. The smallest absolute Gasteiger partial charge is 0.123 e. The number of hydrogen-bond acceptors (Lipinski definition) is 4. The average molecular weight is 287 g/mol. The van der Waals surface area contributed by atoms with Crippen LogP contribution in [0, 0.1) is 6.92 Å². The van der Waals surface area contributed by atoms with E-state index in [0.29, 0.717) is 12.3 Å². The van der Waals surface area contributed by atoms with E-state index in [-0.39, 0.29) is 13.2 Å². The maximum absolute atomic E-state index is 9.92. The lowest BCUT2D eigenvalue weighted by atomic mass is 10.2. The molecule has 2 aromatic rings. The fraction of sp³-hybridized carbons (Fsp3) is 0.294. The number of benzene rings is 2. The summed E-state index contributed by atoms with van der Waals surface area (Å²) >= 11 is 0. The minimum atomic E-state index is -0.698. The molecule has 0 aliphatic rings. The third kappa shape index (κ3) is 4.77. The lowest BCUT2D eigenvalue weighted by Crippen LogP contribution is -2.25. The number of hydrogen-bond donors (Lipinski definition) is 2. The molecule has 0 amide bonds. The van der Waals surface area contributed by atoms with Gasteiger partial charge < -0.3 is 20.3 Å². The molecule has 0 aliphatic carbocycles. The van der Waals surface area contributed by atoms with E-state index in [1.807, 2.05) is 55.5 Å². The molecule has 1 atom stereocenters. The number of aliphatic hydroxyl groups excluding tert-OH is 1. The molecule has 0 bridgehead atoms. The molecule has 3 N–H and O–H groups in total. The van der Waals surface area contributed by atoms with E-state index in [4.69, 9.17) is 15.2 Å². The average Bonchev–Trinajstić information content (AvgIpc) is 2.51. The molecule has 1 unspecified atom stereocenters. The maximum Gasteiger partial charge on any atom is 0.123 e. The van der Waals surface area contributed by atoms with Gasteiger partial charge in [0.2, 0.25) is 0 Å². The minimum absolute atomic E-state index is 0.169. The van der Waals surface area contributed by atoms with Crippen LogP contribution in [-0.2, 0) is 6.54 Å². The van der Waals surface area contributed by atoms with E-state index in [1.54, 1.807) is 0 Å². The number of aliphatic hydroxyl groups is 1. The number of para-hydroxylation sites is 1. The molecule has 112 valence electrons. The predicted molar refractivity (Wildman–Crippen MR) is 82.5 cm³/mol. The normalized spacial score (nSPS) is 12.0. The summed E-state index contributed by atoms with van der Waals surface area (Å²) in [4.78, 5) is 0. The summed E-state index contributed by atoms with van der Waals surface area (Å²) in [7, 11) is 0. The largest absolute Gasteiger partial charge is 0.491 e. The predicted octanol–water partition coefficient (Wildman–Crippen LogP) is 2.27. The minimum Gasteiger partial charge on any atom is -0.491 e. The first-order valence-electron chi connectivity index (χ1n) is 6.97. The second-order valence-corrected chi connectivity index (χ2v) is 4.90. The Morgan fingerprint density at radius 1 is 1.05 bits per heavy atom. The highest BCUT2D eigenvalue weighted by atomic mass is 16.5. The third-order valence-corrected chi connectivity index (χ3v) is 3.06. The zero-order valence-electron chi connectivity index (χ0n) is 12.2. The van der Waals surface area contributed by atoms with Crippen LogP contribution in [0.25, 0.3) is 0 Å². The maximum atomic E-state index is 9.92. The lowest BCUT2D eigenvalue weighted by Gasteiger charge is -2.15. The van der Waals surface area contributed by atoms with Crippen molar-refractivity contribution in [2.45, 2.75) is 19.6 Å². The summed E-state index contributed by atoms with van der Waals surface area (Å²) in [5, 5.41) is 9.92. The highest BCUT2D eigenvalue weighted by molar-refractivity contribution is 5.33. The van der Waals surface area contributed by atoms with Gasteiger partial charge in [-0.2, -0.15) is 0 Å². The number of ether oxygens (including phenoxy) is 2. The van der Waals surface area contributed by atoms with Gasteiger partial charge in [-0.3, -0.25) is 0 Å². The monoisotopic (exact) mass is 287 g/mol. The Morgan fingerprint density at radius 3 is 2.57 bits per heavy atom. The van der Waals surface area contributed by atoms with Gasteiger partial charge in [0.05, 0.1) is 0 Å². The Labute approximate surface area is 125 Å². The van der Waals surface area contributed by atoms with Crippen LogP contribution in [0.15, 0.2) is 48.5 Å². The molecular weight excluding hydrogens is 266 g/mol. The molecule has 0 heterocycles. The first-order valence-corrected chi connectivity index (χ1v) is 6.97. The second kappa shape index (κ2) is 7.67. The van der Waals surface area contributed by atoms with Crippen molar-refractivity contribution in [2.24, 2.45) is 5.73 Å². The molecule has 0 saturated carbocycles. The molecule has 21 heavy (non-hydrogen) atoms. The SMILES string of the molecule is Cc1cccc(OCC(O)COc2ccccc2CN)c1. The fourth-order valence-corrected chi connectivity index (χ4v) is 1.94. The van der Waals surface area contributed by atoms with Gasteiger partial charge in [-0.25, -0.2) is 0 Å². The van der Waals surface area contributed by atoms with E-state index in [2.05, 4.69) is 0 Å². The summed E-state index contributed by atoms with van der Waals surface area (Å²) in [6.45, 7) is 2.76. The molecule has 4 nitrogen and oxygen atoms in total. The Kier molecular flexibility index (Phi) is 5.60. The van der Waals surface area contributed by atoms with Gasteiger partial charge in [-0.05, 0) is 30.7 Å². The van der Waals surface area contributed by atoms with E-state index in [0.717, 1.165) is 16.9 Å². The van der Waals surface area contributed by atoms with Gasteiger partial charge in [0.15, 0.2) is 0 Å². The zero-order valence-corrected chi connectivity index (χ0v) is 12.2. The van der Waals surface area contributed by atoms with E-state index < -0.39 is 6.10 Å². The van der Waals surface area contributed by atoms with Crippen molar-refractivity contribution in [2.75, 3.05) is 13.2 Å². The molecule has 0 fully saturated rings. The van der Waals surface area contributed by atoms with E-state index in [1.165, 1.54) is 0 Å². The molecular formula is C17H21NO3. The van der Waals surface area contributed by atoms with Crippen LogP contribution in [0.4, 0.5) is 0 Å². The van der Waals surface area contributed by atoms with Crippen LogP contribution >= 0.6 is 0 Å². The van der Waals surface area contributed by atoms with Crippen molar-refractivity contribution in [1.82, 2.24) is 0 Å². The Hall–Kier alpha value is -2.04. The van der Waals surface area contributed by atoms with Crippen LogP contribution in [0.5, 0.6) is 11.5 Å². The standard InChI is InChI=1S/C17H21NO3/c1-13-5-4-7-16(9-13)20-11-15(19)12-21-17-8-3-2-6-14(17)10-18/h2-9,15,19H,10-12,18H2,1H3. The van der Waals surface area contributed by atoms with Crippen LogP contribution in [0.3, 0.4) is 0 Å². The van der Waals surface area contributed by atoms with Crippen molar-refractivity contribution in [3.63, 3.8) is 0 Å². The molecule has 2 rings (SSSR count). The number of nitrogens with two attached hydrogens (primary N) is 1. The highest BCUT2D eigenvalue weighted by Crippen LogP contribution is 2.17. The van der Waals surface area contributed by atoms with Gasteiger partial charge in [-0.15, -0.1) is 0 Å². The summed E-state index contributed by atoms with van der Waals surface area (Å²) < 4.78 is 11.1. The molecule has 4 heteroatoms. The van der Waals surface area contributed by atoms with Crippen LogP contribution in [0.1, 0.15) is 11.1 Å². The molecule has 0 saturated heterocycles. The molecule has 0 radical (unpaired) electrons. The quantitative estimate of drug-likeness (QED) is 0.820. The molecule has 0 aliphatic heterocycles. The van der Waals surface area contributed by atoms with Crippen molar-refractivity contribution in [3.8, 4) is 11.5 Å². The third-order valence-electron chi connectivity index (χ3n) is 3.06. The van der Waals surface area contributed by atoms with Gasteiger partial charge in [0, 0.05) is 12.1 Å². The Morgan fingerprint density at radius 2 is 1.81 bits per heavy atom. The summed E-state index contributed by atoms with van der Waals surface area (Å²) in [6, 6.07) is 15.3. The molecule has 2 aromatic carbocycles. The summed E-state index contributed by atoms with van der Waals surface area (Å²) in [6.07, 6.45) is -0.698. The first-order chi connectivity index (χ1) is 10.2. The topological polar surface area (TPSA) is 64.7 Å². The Balaban J connectivity index is 1.81. The van der Waals surface area contributed by atoms with Crippen molar-refractivity contribution in [3.05, 3.63) is 59.7 Å². The van der Waals surface area contributed by atoms with Crippen molar-refractivity contribution < 1.29 is 14.6 Å². The first kappa shape index (κ1) is 15.4. The fourth-order valence-electron chi connectivity index (χ4n) is 1.94. The lowest BCUT2D eigenvalue weighted by molar-refractivity contribution is 0.0623. The molecule has 0 spiro atoms. The second-order valence-electron chi connectivity index (χ2n) is 4.90. The van der Waals surface area contributed by atoms with Crippen molar-refractivity contribution in [1.29, 1.82) is 0 Å². The molecule has 0 aromatic heterocycles. The summed E-state index contributed by atoms with van der Waals surface area (Å²) in [5.41, 5.74) is 7.68. The summed E-state index contributed by atoms with van der Waals surface area (Å²) in [5.74, 6) is 1.45. The van der Waals surface area contributed by atoms with Gasteiger partial charge in [-0.1, -0.05) is 30.3 Å². The number of rotatable bonds is 7.